The second kappa shape index (κ2) is 13.8. The van der Waals surface area contributed by atoms with E-state index < -0.39 is 46.9 Å². The van der Waals surface area contributed by atoms with Gasteiger partial charge in [0.25, 0.3) is 0 Å². The van der Waals surface area contributed by atoms with Gasteiger partial charge in [-0.15, -0.1) is 0 Å². The maximum absolute atomic E-state index is 14.8. The molecule has 1 aliphatic carbocycles. The Bertz CT molecular complexity index is 1230. The molecule has 2 aliphatic rings. The molecular weight excluding hydrogens is 553 g/mol. The molecule has 10 heteroatoms. The van der Waals surface area contributed by atoms with Crippen molar-refractivity contribution in [3.63, 3.8) is 0 Å². The first-order valence-electron chi connectivity index (χ1n) is 13.9. The number of hydrogen-bond donors (Lipinski definition) is 0. The molecule has 224 valence electrons. The van der Waals surface area contributed by atoms with Crippen molar-refractivity contribution in [2.24, 2.45) is 11.8 Å². The van der Waals surface area contributed by atoms with Crippen LogP contribution in [0.5, 0.6) is 11.5 Å². The van der Waals surface area contributed by atoms with Gasteiger partial charge in [0.1, 0.15) is 11.6 Å². The van der Waals surface area contributed by atoms with E-state index >= 15 is 0 Å². The van der Waals surface area contributed by atoms with Crippen LogP contribution in [-0.2, 0) is 10.8 Å². The van der Waals surface area contributed by atoms with Crippen LogP contribution in [0.25, 0.3) is 0 Å². The Hall–Kier alpha value is -3.01. The van der Waals surface area contributed by atoms with Gasteiger partial charge >= 0.3 is 18.2 Å². The summed E-state index contributed by atoms with van der Waals surface area (Å²) in [6.45, 7) is 2.99. The molecule has 2 atom stereocenters. The molecule has 41 heavy (non-hydrogen) atoms. The fourth-order valence-electron chi connectivity index (χ4n) is 5.53. The molecule has 2 aromatic carbocycles. The average molecular weight is 587 g/mol. The lowest BCUT2D eigenvalue weighted by molar-refractivity contribution is -0.187. The van der Waals surface area contributed by atoms with Gasteiger partial charge in [-0.2, -0.15) is 22.0 Å². The smallest absolute Gasteiger partial charge is 0.429 e. The second-order valence-electron chi connectivity index (χ2n) is 10.7. The van der Waals surface area contributed by atoms with Gasteiger partial charge in [-0.05, 0) is 92.5 Å². The van der Waals surface area contributed by atoms with E-state index in [1.54, 1.807) is 0 Å². The highest BCUT2D eigenvalue weighted by atomic mass is 19.3. The monoisotopic (exact) mass is 586 g/mol. The highest BCUT2D eigenvalue weighted by Gasteiger charge is 2.38. The van der Waals surface area contributed by atoms with Crippen LogP contribution < -0.4 is 9.47 Å². The minimum atomic E-state index is -4.17. The molecule has 2 unspecified atom stereocenters. The quantitative estimate of drug-likeness (QED) is 0.158. The summed E-state index contributed by atoms with van der Waals surface area (Å²) in [5.41, 5.74) is -0.425. The molecule has 0 bridgehead atoms. The lowest BCUT2D eigenvalue weighted by atomic mass is 9.78. The first kappa shape index (κ1) is 30.9. The van der Waals surface area contributed by atoms with Crippen molar-refractivity contribution in [3.8, 4) is 11.5 Å². The van der Waals surface area contributed by atoms with Crippen molar-refractivity contribution in [2.75, 3.05) is 6.61 Å². The SMILES string of the molecule is CCCC1CCC(C=CC2CCC(c3ccc(C(F)(F)Oc4ccc(OC(F)=C(F)F)c(F)c4)c(F)c3)CC2)OC1. The molecule has 0 aromatic heterocycles. The summed E-state index contributed by atoms with van der Waals surface area (Å²) in [5.74, 6) is -3.22. The molecule has 1 aliphatic heterocycles. The molecule has 1 saturated heterocycles. The Morgan fingerprint density at radius 1 is 0.927 bits per heavy atom. The third-order valence-electron chi connectivity index (χ3n) is 7.75. The molecule has 4 rings (SSSR count). The van der Waals surface area contributed by atoms with Gasteiger partial charge in [-0.1, -0.05) is 31.6 Å². The molecule has 0 N–H and O–H groups in total. The average Bonchev–Trinajstić information content (AvgIpc) is 2.94. The minimum Gasteiger partial charge on any atom is -0.429 e. The third-order valence-corrected chi connectivity index (χ3v) is 7.75. The zero-order valence-corrected chi connectivity index (χ0v) is 22.7. The van der Waals surface area contributed by atoms with Crippen molar-refractivity contribution in [3.05, 3.63) is 83.4 Å². The number of rotatable bonds is 10. The molecule has 0 radical (unpaired) electrons. The Morgan fingerprint density at radius 2 is 1.68 bits per heavy atom. The molecule has 1 heterocycles. The van der Waals surface area contributed by atoms with Gasteiger partial charge in [0, 0.05) is 6.07 Å². The predicted octanol–water partition coefficient (Wildman–Crippen LogP) is 9.93. The van der Waals surface area contributed by atoms with Crippen LogP contribution in [-0.4, -0.2) is 12.7 Å². The third kappa shape index (κ3) is 8.27. The Balaban J connectivity index is 1.32. The van der Waals surface area contributed by atoms with Crippen LogP contribution in [0, 0.1) is 23.5 Å². The molecule has 0 spiro atoms. The van der Waals surface area contributed by atoms with Gasteiger partial charge in [0.05, 0.1) is 18.3 Å². The summed E-state index contributed by atoms with van der Waals surface area (Å²) in [4.78, 5) is 0. The Morgan fingerprint density at radius 3 is 2.29 bits per heavy atom. The number of allylic oxidation sites excluding steroid dienone is 1. The van der Waals surface area contributed by atoms with Crippen molar-refractivity contribution >= 4 is 0 Å². The summed E-state index contributed by atoms with van der Waals surface area (Å²) in [7, 11) is 0. The van der Waals surface area contributed by atoms with E-state index in [2.05, 4.69) is 28.5 Å². The fourth-order valence-corrected chi connectivity index (χ4v) is 5.53. The number of alkyl halides is 2. The van der Waals surface area contributed by atoms with Gasteiger partial charge in [0.15, 0.2) is 11.6 Å². The lowest BCUT2D eigenvalue weighted by Gasteiger charge is -2.29. The predicted molar refractivity (Wildman–Crippen MR) is 140 cm³/mol. The first-order chi connectivity index (χ1) is 19.6. The second-order valence-corrected chi connectivity index (χ2v) is 10.7. The van der Waals surface area contributed by atoms with Crippen molar-refractivity contribution < 1.29 is 44.9 Å². The first-order valence-corrected chi connectivity index (χ1v) is 13.9. The summed E-state index contributed by atoms with van der Waals surface area (Å²) >= 11 is 0. The van der Waals surface area contributed by atoms with E-state index in [4.69, 9.17) is 4.74 Å². The number of hydrogen-bond acceptors (Lipinski definition) is 3. The van der Waals surface area contributed by atoms with Crippen LogP contribution >= 0.6 is 0 Å². The molecule has 0 amide bonds. The zero-order valence-electron chi connectivity index (χ0n) is 22.7. The van der Waals surface area contributed by atoms with Crippen molar-refractivity contribution in [1.29, 1.82) is 0 Å². The molecule has 3 nitrogen and oxygen atoms in total. The Labute approximate surface area is 235 Å². The highest BCUT2D eigenvalue weighted by molar-refractivity contribution is 5.35. The summed E-state index contributed by atoms with van der Waals surface area (Å²) in [6, 6.07) is 2.93. The van der Waals surface area contributed by atoms with Crippen LogP contribution in [0.4, 0.5) is 30.7 Å². The van der Waals surface area contributed by atoms with Crippen molar-refractivity contribution in [2.45, 2.75) is 76.4 Å². The fraction of sp³-hybridized carbons (Fsp3) is 0.484. The summed E-state index contributed by atoms with van der Waals surface area (Å²) in [6.07, 6.45) is 5.52. The number of ether oxygens (including phenoxy) is 3. The number of halogens is 7. The van der Waals surface area contributed by atoms with E-state index in [1.165, 1.54) is 25.3 Å². The topological polar surface area (TPSA) is 27.7 Å². The van der Waals surface area contributed by atoms with E-state index in [0.29, 0.717) is 29.5 Å². The Kier molecular flexibility index (Phi) is 10.4. The normalized spacial score (nSPS) is 23.4. The van der Waals surface area contributed by atoms with Crippen LogP contribution in [0.3, 0.4) is 0 Å². The van der Waals surface area contributed by atoms with Gasteiger partial charge in [-0.3, -0.25) is 0 Å². The van der Waals surface area contributed by atoms with Crippen LogP contribution in [0.15, 0.2) is 60.6 Å². The van der Waals surface area contributed by atoms with Crippen molar-refractivity contribution in [1.82, 2.24) is 0 Å². The van der Waals surface area contributed by atoms with Crippen LogP contribution in [0.1, 0.15) is 75.3 Å². The number of benzene rings is 2. The minimum absolute atomic E-state index is 0.0312. The molecule has 1 saturated carbocycles. The standard InChI is InChI=1S/C31H33F7O3/c1-2-3-20-7-12-23(39-18-20)11-6-19-4-8-21(9-5-19)22-10-14-25(26(32)16-22)31(37,38)41-24-13-15-28(27(33)17-24)40-30(36)29(34)35/h6,10-11,13-17,19-21,23H,2-5,7-9,12,18H2,1H3. The maximum atomic E-state index is 14.8. The van der Waals surface area contributed by atoms with E-state index in [9.17, 15) is 30.7 Å². The van der Waals surface area contributed by atoms with E-state index in [0.717, 1.165) is 56.9 Å². The van der Waals surface area contributed by atoms with Gasteiger partial charge in [0.2, 0.25) is 0 Å². The van der Waals surface area contributed by atoms with E-state index in [1.807, 2.05) is 0 Å². The van der Waals surface area contributed by atoms with Gasteiger partial charge < -0.3 is 14.2 Å². The summed E-state index contributed by atoms with van der Waals surface area (Å²) in [5, 5.41) is 0. The zero-order chi connectivity index (χ0) is 29.6. The molecule has 2 fully saturated rings. The van der Waals surface area contributed by atoms with E-state index in [-0.39, 0.29) is 12.0 Å². The molecular formula is C31H33F7O3. The van der Waals surface area contributed by atoms with Crippen LogP contribution in [0.2, 0.25) is 0 Å². The maximum Gasteiger partial charge on any atom is 0.429 e. The van der Waals surface area contributed by atoms with Gasteiger partial charge in [-0.25, -0.2) is 8.78 Å². The highest BCUT2D eigenvalue weighted by Crippen LogP contribution is 2.40. The largest absolute Gasteiger partial charge is 0.429 e. The summed E-state index contributed by atoms with van der Waals surface area (Å²) < 4.78 is 110. The molecule has 2 aromatic rings. The lowest BCUT2D eigenvalue weighted by Crippen LogP contribution is -2.24.